The summed E-state index contributed by atoms with van der Waals surface area (Å²) in [6, 6.07) is 3.01. The number of benzene rings is 1. The molecule has 0 radical (unpaired) electrons. The zero-order valence-corrected chi connectivity index (χ0v) is 10.3. The van der Waals surface area contributed by atoms with Gasteiger partial charge in [0.2, 0.25) is 0 Å². The van der Waals surface area contributed by atoms with Crippen molar-refractivity contribution in [3.63, 3.8) is 0 Å². The van der Waals surface area contributed by atoms with Crippen LogP contribution in [0.3, 0.4) is 0 Å². The van der Waals surface area contributed by atoms with Gasteiger partial charge < -0.3 is 4.74 Å². The molecule has 5 heteroatoms. The van der Waals surface area contributed by atoms with Crippen molar-refractivity contribution in [1.29, 1.82) is 0 Å². The molecular formula is C10H9Cl3O2. The molecule has 0 spiro atoms. The fourth-order valence-corrected chi connectivity index (χ4v) is 2.11. The Balaban J connectivity index is 3.08. The van der Waals surface area contributed by atoms with E-state index in [0.717, 1.165) is 0 Å². The number of rotatable bonds is 3. The molecule has 0 aliphatic carbocycles. The van der Waals surface area contributed by atoms with Crippen LogP contribution in [0.1, 0.15) is 22.8 Å². The van der Waals surface area contributed by atoms with E-state index in [9.17, 15) is 4.79 Å². The van der Waals surface area contributed by atoms with Crippen molar-refractivity contribution in [1.82, 2.24) is 0 Å². The van der Waals surface area contributed by atoms with Gasteiger partial charge in [0.1, 0.15) is 0 Å². The summed E-state index contributed by atoms with van der Waals surface area (Å²) in [7, 11) is 0. The molecule has 0 saturated heterocycles. The first-order valence-electron chi connectivity index (χ1n) is 4.31. The molecule has 1 aromatic carbocycles. The van der Waals surface area contributed by atoms with Crippen LogP contribution in [0, 0.1) is 0 Å². The molecule has 2 nitrogen and oxygen atoms in total. The quantitative estimate of drug-likeness (QED) is 0.613. The van der Waals surface area contributed by atoms with E-state index >= 15 is 0 Å². The van der Waals surface area contributed by atoms with Crippen molar-refractivity contribution in [2.75, 3.05) is 6.61 Å². The van der Waals surface area contributed by atoms with Gasteiger partial charge in [0.25, 0.3) is 0 Å². The van der Waals surface area contributed by atoms with E-state index in [1.54, 1.807) is 6.92 Å². The summed E-state index contributed by atoms with van der Waals surface area (Å²) in [5.41, 5.74) is 0.953. The highest BCUT2D eigenvalue weighted by Gasteiger charge is 2.12. The van der Waals surface area contributed by atoms with Crippen molar-refractivity contribution < 1.29 is 9.53 Å². The fraction of sp³-hybridized carbons (Fsp3) is 0.300. The van der Waals surface area contributed by atoms with Crippen molar-refractivity contribution >= 4 is 40.8 Å². The number of ether oxygens (including phenoxy) is 1. The minimum absolute atomic E-state index is 0.209. The van der Waals surface area contributed by atoms with E-state index in [-0.39, 0.29) is 5.88 Å². The average molecular weight is 268 g/mol. The maximum Gasteiger partial charge on any atom is 0.338 e. The smallest absolute Gasteiger partial charge is 0.338 e. The molecule has 0 aromatic heterocycles. The number of carbonyl (C=O) groups excluding carboxylic acids is 1. The maximum absolute atomic E-state index is 11.4. The van der Waals surface area contributed by atoms with Crippen LogP contribution < -0.4 is 0 Å². The predicted octanol–water partition coefficient (Wildman–Crippen LogP) is 3.91. The van der Waals surface area contributed by atoms with Crippen LogP contribution >= 0.6 is 34.8 Å². The van der Waals surface area contributed by atoms with Gasteiger partial charge in [-0.3, -0.25) is 0 Å². The number of esters is 1. The van der Waals surface area contributed by atoms with Crippen molar-refractivity contribution in [3.05, 3.63) is 33.3 Å². The summed E-state index contributed by atoms with van der Waals surface area (Å²) < 4.78 is 4.82. The normalized spacial score (nSPS) is 10.1. The summed E-state index contributed by atoms with van der Waals surface area (Å²) in [5.74, 6) is -0.233. The van der Waals surface area contributed by atoms with Gasteiger partial charge in [-0.05, 0) is 19.1 Å². The maximum atomic E-state index is 11.4. The molecule has 82 valence electrons. The lowest BCUT2D eigenvalue weighted by Crippen LogP contribution is -2.05. The predicted molar refractivity (Wildman–Crippen MR) is 62.0 cm³/mol. The lowest BCUT2D eigenvalue weighted by Gasteiger charge is -2.07. The molecule has 1 aromatic rings. The van der Waals surface area contributed by atoms with Gasteiger partial charge >= 0.3 is 5.97 Å². The zero-order valence-electron chi connectivity index (χ0n) is 8.02. The van der Waals surface area contributed by atoms with Crippen LogP contribution in [-0.4, -0.2) is 12.6 Å². The fourth-order valence-electron chi connectivity index (χ4n) is 1.06. The summed E-state index contributed by atoms with van der Waals surface area (Å²) in [6.45, 7) is 2.04. The standard InChI is InChI=1S/C10H9Cl3O2/c1-2-15-10(14)6-3-8(12)7(5-11)9(13)4-6/h3-4H,2,5H2,1H3. The minimum Gasteiger partial charge on any atom is -0.462 e. The highest BCUT2D eigenvalue weighted by molar-refractivity contribution is 6.37. The molecule has 15 heavy (non-hydrogen) atoms. The molecule has 0 heterocycles. The first kappa shape index (κ1) is 12.6. The van der Waals surface area contributed by atoms with Gasteiger partial charge in [-0.25, -0.2) is 4.79 Å². The third kappa shape index (κ3) is 3.00. The lowest BCUT2D eigenvalue weighted by molar-refractivity contribution is 0.0526. The summed E-state index contributed by atoms with van der Waals surface area (Å²) in [6.07, 6.45) is 0. The topological polar surface area (TPSA) is 26.3 Å². The van der Waals surface area contributed by atoms with Crippen LogP contribution in [0.5, 0.6) is 0 Å². The monoisotopic (exact) mass is 266 g/mol. The van der Waals surface area contributed by atoms with E-state index in [1.807, 2.05) is 0 Å². The Kier molecular flexibility index (Phi) is 4.71. The van der Waals surface area contributed by atoms with Crippen LogP contribution in [0.15, 0.2) is 12.1 Å². The first-order valence-corrected chi connectivity index (χ1v) is 5.60. The van der Waals surface area contributed by atoms with E-state index in [2.05, 4.69) is 0 Å². The van der Waals surface area contributed by atoms with E-state index in [1.165, 1.54) is 12.1 Å². The number of hydrogen-bond donors (Lipinski definition) is 0. The Morgan fingerprint density at radius 1 is 1.33 bits per heavy atom. The average Bonchev–Trinajstić information content (AvgIpc) is 2.17. The van der Waals surface area contributed by atoms with Gasteiger partial charge in [-0.2, -0.15) is 0 Å². The molecule has 0 saturated carbocycles. The Morgan fingerprint density at radius 3 is 2.27 bits per heavy atom. The minimum atomic E-state index is -0.442. The molecule has 0 amide bonds. The Labute approximate surface area is 103 Å². The van der Waals surface area contributed by atoms with E-state index in [0.29, 0.717) is 27.8 Å². The Hall–Kier alpha value is -0.440. The van der Waals surface area contributed by atoms with Gasteiger partial charge in [-0.1, -0.05) is 23.2 Å². The second-order valence-corrected chi connectivity index (χ2v) is 3.85. The first-order chi connectivity index (χ1) is 7.10. The van der Waals surface area contributed by atoms with Crippen LogP contribution in [0.2, 0.25) is 10.0 Å². The number of hydrogen-bond acceptors (Lipinski definition) is 2. The molecule has 0 fully saturated rings. The third-order valence-electron chi connectivity index (χ3n) is 1.79. The second-order valence-electron chi connectivity index (χ2n) is 2.77. The Morgan fingerprint density at radius 2 is 1.87 bits per heavy atom. The van der Waals surface area contributed by atoms with Crippen molar-refractivity contribution in [2.45, 2.75) is 12.8 Å². The Bertz CT molecular complexity index is 354. The second kappa shape index (κ2) is 5.59. The zero-order chi connectivity index (χ0) is 11.4. The van der Waals surface area contributed by atoms with E-state index < -0.39 is 5.97 Å². The molecule has 0 unspecified atom stereocenters. The summed E-state index contributed by atoms with van der Waals surface area (Å²) >= 11 is 17.5. The molecule has 0 atom stereocenters. The third-order valence-corrected chi connectivity index (χ3v) is 2.73. The summed E-state index contributed by atoms with van der Waals surface area (Å²) in [5, 5.41) is 0.751. The van der Waals surface area contributed by atoms with Gasteiger partial charge in [0, 0.05) is 15.6 Å². The highest BCUT2D eigenvalue weighted by Crippen LogP contribution is 2.28. The van der Waals surface area contributed by atoms with Crippen molar-refractivity contribution in [2.24, 2.45) is 0 Å². The highest BCUT2D eigenvalue weighted by atomic mass is 35.5. The molecule has 0 N–H and O–H groups in total. The number of halogens is 3. The van der Waals surface area contributed by atoms with Gasteiger partial charge in [0.15, 0.2) is 0 Å². The molecule has 0 aliphatic heterocycles. The molecular weight excluding hydrogens is 258 g/mol. The van der Waals surface area contributed by atoms with Crippen LogP contribution in [0.25, 0.3) is 0 Å². The van der Waals surface area contributed by atoms with Gasteiger partial charge in [-0.15, -0.1) is 11.6 Å². The number of carbonyl (C=O) groups is 1. The molecule has 0 bridgehead atoms. The molecule has 1 rings (SSSR count). The van der Waals surface area contributed by atoms with Gasteiger partial charge in [0.05, 0.1) is 18.1 Å². The summed E-state index contributed by atoms with van der Waals surface area (Å²) in [4.78, 5) is 11.4. The van der Waals surface area contributed by atoms with Crippen LogP contribution in [-0.2, 0) is 10.6 Å². The lowest BCUT2D eigenvalue weighted by atomic mass is 10.1. The SMILES string of the molecule is CCOC(=O)c1cc(Cl)c(CCl)c(Cl)c1. The van der Waals surface area contributed by atoms with Crippen LogP contribution in [0.4, 0.5) is 0 Å². The van der Waals surface area contributed by atoms with Crippen molar-refractivity contribution in [3.8, 4) is 0 Å². The largest absolute Gasteiger partial charge is 0.462 e. The molecule has 0 aliphatic rings. The number of alkyl halides is 1. The van der Waals surface area contributed by atoms with E-state index in [4.69, 9.17) is 39.5 Å².